The molecule has 2 atom stereocenters. The van der Waals surface area contributed by atoms with Gasteiger partial charge in [-0.2, -0.15) is 0 Å². The lowest BCUT2D eigenvalue weighted by Crippen LogP contribution is -2.37. The van der Waals surface area contributed by atoms with Crippen LogP contribution in [0.15, 0.2) is 30.3 Å². The lowest BCUT2D eigenvalue weighted by molar-refractivity contribution is -0.142. The number of carbonyl (C=O) groups is 1. The molecule has 4 heteroatoms. The van der Waals surface area contributed by atoms with E-state index in [9.17, 15) is 9.90 Å². The van der Waals surface area contributed by atoms with Crippen molar-refractivity contribution in [2.24, 2.45) is 0 Å². The van der Waals surface area contributed by atoms with Crippen LogP contribution in [0.1, 0.15) is 18.6 Å². The average Bonchev–Trinajstić information content (AvgIpc) is 2.35. The number of methoxy groups -OCH3 is 1. The number of aliphatic hydroxyl groups is 1. The maximum absolute atomic E-state index is 11.1. The van der Waals surface area contributed by atoms with Crippen LogP contribution >= 0.6 is 0 Å². The molecule has 0 spiro atoms. The summed E-state index contributed by atoms with van der Waals surface area (Å²) in [6, 6.07) is 8.89. The number of ether oxygens (including phenoxy) is 1. The van der Waals surface area contributed by atoms with Crippen LogP contribution < -0.4 is 5.32 Å². The van der Waals surface area contributed by atoms with Crippen LogP contribution in [0.3, 0.4) is 0 Å². The van der Waals surface area contributed by atoms with Gasteiger partial charge in [-0.25, -0.2) is 0 Å². The molecule has 0 bridgehead atoms. The zero-order chi connectivity index (χ0) is 12.0. The fraction of sp³-hybridized carbons (Fsp3) is 0.417. The molecule has 0 saturated carbocycles. The quantitative estimate of drug-likeness (QED) is 0.727. The first-order valence-electron chi connectivity index (χ1n) is 5.19. The van der Waals surface area contributed by atoms with Crippen LogP contribution in [0.25, 0.3) is 0 Å². The van der Waals surface area contributed by atoms with Gasteiger partial charge in [0.1, 0.15) is 6.04 Å². The van der Waals surface area contributed by atoms with Gasteiger partial charge in [0.2, 0.25) is 0 Å². The Balaban J connectivity index is 2.41. The van der Waals surface area contributed by atoms with E-state index in [4.69, 9.17) is 0 Å². The summed E-state index contributed by atoms with van der Waals surface area (Å²) in [5.74, 6) is -0.333. The summed E-state index contributed by atoms with van der Waals surface area (Å²) in [6.07, 6.45) is -0.617. The first kappa shape index (κ1) is 12.7. The molecule has 0 radical (unpaired) electrons. The smallest absolute Gasteiger partial charge is 0.322 e. The van der Waals surface area contributed by atoms with Gasteiger partial charge < -0.3 is 15.2 Å². The first-order chi connectivity index (χ1) is 7.65. The van der Waals surface area contributed by atoms with E-state index in [0.29, 0.717) is 6.54 Å². The van der Waals surface area contributed by atoms with Crippen molar-refractivity contribution < 1.29 is 14.6 Å². The largest absolute Gasteiger partial charge is 0.468 e. The van der Waals surface area contributed by atoms with Crippen LogP contribution in [0.4, 0.5) is 0 Å². The van der Waals surface area contributed by atoms with Gasteiger partial charge in [-0.1, -0.05) is 30.3 Å². The molecular formula is C12H17NO3. The average molecular weight is 223 g/mol. The van der Waals surface area contributed by atoms with E-state index in [2.05, 4.69) is 10.1 Å². The SMILES string of the molecule is COC(=O)C(C)NCC(O)c1ccccc1. The number of hydrogen-bond donors (Lipinski definition) is 2. The summed E-state index contributed by atoms with van der Waals surface area (Å²) >= 11 is 0. The highest BCUT2D eigenvalue weighted by Crippen LogP contribution is 2.10. The number of aliphatic hydroxyl groups excluding tert-OH is 1. The second kappa shape index (κ2) is 6.25. The van der Waals surface area contributed by atoms with Crippen LogP contribution in [0, 0.1) is 0 Å². The predicted molar refractivity (Wildman–Crippen MR) is 60.9 cm³/mol. The lowest BCUT2D eigenvalue weighted by Gasteiger charge is -2.15. The standard InChI is InChI=1S/C12H17NO3/c1-9(12(15)16-2)13-8-11(14)10-6-4-3-5-7-10/h3-7,9,11,13-14H,8H2,1-2H3. The van der Waals surface area contributed by atoms with E-state index < -0.39 is 12.1 Å². The molecule has 0 aliphatic rings. The van der Waals surface area contributed by atoms with E-state index in [1.54, 1.807) is 6.92 Å². The van der Waals surface area contributed by atoms with Gasteiger partial charge in [-0.15, -0.1) is 0 Å². The van der Waals surface area contributed by atoms with Gasteiger partial charge in [0.15, 0.2) is 0 Å². The second-order valence-electron chi connectivity index (χ2n) is 3.58. The minimum atomic E-state index is -0.617. The number of benzene rings is 1. The molecule has 0 fully saturated rings. The molecule has 0 amide bonds. The molecule has 0 saturated heterocycles. The number of hydrogen-bond acceptors (Lipinski definition) is 4. The summed E-state index contributed by atoms with van der Waals surface area (Å²) in [7, 11) is 1.34. The third-order valence-electron chi connectivity index (χ3n) is 2.36. The van der Waals surface area contributed by atoms with E-state index >= 15 is 0 Å². The summed E-state index contributed by atoms with van der Waals surface area (Å²) in [4.78, 5) is 11.1. The molecular weight excluding hydrogens is 206 g/mol. The van der Waals surface area contributed by atoms with E-state index in [1.165, 1.54) is 7.11 Å². The fourth-order valence-electron chi connectivity index (χ4n) is 1.34. The minimum absolute atomic E-state index is 0.320. The van der Waals surface area contributed by atoms with Crippen LogP contribution in [0.2, 0.25) is 0 Å². The molecule has 1 rings (SSSR count). The Morgan fingerprint density at radius 3 is 2.62 bits per heavy atom. The highest BCUT2D eigenvalue weighted by Gasteiger charge is 2.14. The van der Waals surface area contributed by atoms with Crippen LogP contribution in [-0.2, 0) is 9.53 Å². The molecule has 0 heterocycles. The van der Waals surface area contributed by atoms with Crippen LogP contribution in [-0.4, -0.2) is 30.8 Å². The molecule has 2 unspecified atom stereocenters. The van der Waals surface area contributed by atoms with Gasteiger partial charge in [0.05, 0.1) is 13.2 Å². The maximum atomic E-state index is 11.1. The van der Waals surface area contributed by atoms with Gasteiger partial charge >= 0.3 is 5.97 Å². The number of nitrogens with one attached hydrogen (secondary N) is 1. The molecule has 0 aliphatic heterocycles. The van der Waals surface area contributed by atoms with E-state index in [-0.39, 0.29) is 5.97 Å². The Bertz CT molecular complexity index is 326. The zero-order valence-corrected chi connectivity index (χ0v) is 9.51. The summed E-state index contributed by atoms with van der Waals surface area (Å²) < 4.78 is 4.57. The highest BCUT2D eigenvalue weighted by atomic mass is 16.5. The van der Waals surface area contributed by atoms with Crippen molar-refractivity contribution in [2.45, 2.75) is 19.1 Å². The van der Waals surface area contributed by atoms with Crippen molar-refractivity contribution in [3.05, 3.63) is 35.9 Å². The lowest BCUT2D eigenvalue weighted by atomic mass is 10.1. The van der Waals surface area contributed by atoms with E-state index in [1.807, 2.05) is 30.3 Å². The Labute approximate surface area is 95.2 Å². The van der Waals surface area contributed by atoms with Gasteiger partial charge in [0, 0.05) is 6.54 Å². The zero-order valence-electron chi connectivity index (χ0n) is 9.51. The summed E-state index contributed by atoms with van der Waals surface area (Å²) in [5.41, 5.74) is 0.826. The molecule has 2 N–H and O–H groups in total. The molecule has 1 aromatic rings. The first-order valence-corrected chi connectivity index (χ1v) is 5.19. The number of rotatable bonds is 5. The van der Waals surface area contributed by atoms with Crippen molar-refractivity contribution in [3.63, 3.8) is 0 Å². The third-order valence-corrected chi connectivity index (χ3v) is 2.36. The highest BCUT2D eigenvalue weighted by molar-refractivity contribution is 5.75. The van der Waals surface area contributed by atoms with Crippen molar-refractivity contribution in [2.75, 3.05) is 13.7 Å². The molecule has 0 aromatic heterocycles. The molecule has 4 nitrogen and oxygen atoms in total. The maximum Gasteiger partial charge on any atom is 0.322 e. The normalized spacial score (nSPS) is 14.2. The Hall–Kier alpha value is -1.39. The topological polar surface area (TPSA) is 58.6 Å². The van der Waals surface area contributed by atoms with Crippen molar-refractivity contribution in [1.29, 1.82) is 0 Å². The Morgan fingerprint density at radius 1 is 1.44 bits per heavy atom. The summed E-state index contributed by atoms with van der Waals surface area (Å²) in [6.45, 7) is 2.02. The number of esters is 1. The van der Waals surface area contributed by atoms with E-state index in [0.717, 1.165) is 5.56 Å². The van der Waals surface area contributed by atoms with Crippen molar-refractivity contribution in [1.82, 2.24) is 5.32 Å². The molecule has 1 aromatic carbocycles. The van der Waals surface area contributed by atoms with Gasteiger partial charge in [-0.3, -0.25) is 4.79 Å². The van der Waals surface area contributed by atoms with Gasteiger partial charge in [0.25, 0.3) is 0 Å². The van der Waals surface area contributed by atoms with Crippen LogP contribution in [0.5, 0.6) is 0 Å². The second-order valence-corrected chi connectivity index (χ2v) is 3.58. The predicted octanol–water partition coefficient (Wildman–Crippen LogP) is 0.871. The fourth-order valence-corrected chi connectivity index (χ4v) is 1.34. The monoisotopic (exact) mass is 223 g/mol. The molecule has 0 aliphatic carbocycles. The molecule has 88 valence electrons. The Kier molecular flexibility index (Phi) is 4.95. The minimum Gasteiger partial charge on any atom is -0.468 e. The molecule has 16 heavy (non-hydrogen) atoms. The summed E-state index contributed by atoms with van der Waals surface area (Å²) in [5, 5.41) is 12.7. The Morgan fingerprint density at radius 2 is 2.06 bits per heavy atom. The third kappa shape index (κ3) is 3.64. The number of carbonyl (C=O) groups excluding carboxylic acids is 1. The van der Waals surface area contributed by atoms with Gasteiger partial charge in [-0.05, 0) is 12.5 Å². The van der Waals surface area contributed by atoms with Crippen molar-refractivity contribution >= 4 is 5.97 Å². The van der Waals surface area contributed by atoms with Crippen molar-refractivity contribution in [3.8, 4) is 0 Å².